The Morgan fingerprint density at radius 3 is 2.65 bits per heavy atom. The molecule has 94 valence electrons. The molecule has 1 rings (SSSR count). The highest BCUT2D eigenvalue weighted by molar-refractivity contribution is 5.29. The molecule has 0 radical (unpaired) electrons. The van der Waals surface area contributed by atoms with Crippen molar-refractivity contribution in [1.82, 2.24) is 0 Å². The van der Waals surface area contributed by atoms with Gasteiger partial charge in [0.1, 0.15) is 5.75 Å². The topological polar surface area (TPSA) is 35.2 Å². The lowest BCUT2D eigenvalue weighted by molar-refractivity contribution is 0.309. The van der Waals surface area contributed by atoms with Crippen LogP contribution in [0.5, 0.6) is 5.75 Å². The summed E-state index contributed by atoms with van der Waals surface area (Å²) in [5.41, 5.74) is 7.23. The minimum atomic E-state index is 0.0951. The van der Waals surface area contributed by atoms with E-state index in [1.165, 1.54) is 0 Å². The van der Waals surface area contributed by atoms with Crippen molar-refractivity contribution < 1.29 is 4.74 Å². The Kier molecular flexibility index (Phi) is 6.41. The zero-order valence-electron chi connectivity index (χ0n) is 10.7. The van der Waals surface area contributed by atoms with Gasteiger partial charge in [-0.3, -0.25) is 0 Å². The van der Waals surface area contributed by atoms with Crippen molar-refractivity contribution in [2.24, 2.45) is 5.73 Å². The Bertz CT molecular complexity index is 318. The lowest BCUT2D eigenvalue weighted by atomic mass is 10.0. The Hall–Kier alpha value is -1.28. The van der Waals surface area contributed by atoms with Crippen LogP contribution in [0, 0.1) is 0 Å². The van der Waals surface area contributed by atoms with Crippen molar-refractivity contribution in [2.45, 2.75) is 38.6 Å². The van der Waals surface area contributed by atoms with E-state index in [9.17, 15) is 0 Å². The van der Waals surface area contributed by atoms with Crippen LogP contribution in [0.1, 0.15) is 44.2 Å². The van der Waals surface area contributed by atoms with Gasteiger partial charge in [-0.15, -0.1) is 6.58 Å². The maximum absolute atomic E-state index is 6.06. The maximum atomic E-state index is 6.06. The monoisotopic (exact) mass is 233 g/mol. The van der Waals surface area contributed by atoms with Crippen LogP contribution in [0.3, 0.4) is 0 Å². The molecule has 1 aromatic rings. The van der Waals surface area contributed by atoms with Crippen LogP contribution in [0.4, 0.5) is 0 Å². The molecule has 2 N–H and O–H groups in total. The lowest BCUT2D eigenvalue weighted by Crippen LogP contribution is -2.09. The van der Waals surface area contributed by atoms with Gasteiger partial charge in [0.25, 0.3) is 0 Å². The van der Waals surface area contributed by atoms with E-state index < -0.39 is 0 Å². The number of benzene rings is 1. The van der Waals surface area contributed by atoms with Gasteiger partial charge in [0.05, 0.1) is 6.61 Å². The van der Waals surface area contributed by atoms with E-state index in [4.69, 9.17) is 10.5 Å². The average molecular weight is 233 g/mol. The van der Waals surface area contributed by atoms with Gasteiger partial charge < -0.3 is 10.5 Å². The molecular formula is C15H23NO. The molecule has 0 saturated heterocycles. The number of rotatable bonds is 8. The molecule has 0 aliphatic rings. The zero-order chi connectivity index (χ0) is 12.5. The minimum Gasteiger partial charge on any atom is -0.494 e. The molecule has 0 fully saturated rings. The van der Waals surface area contributed by atoms with Crippen molar-refractivity contribution >= 4 is 0 Å². The fourth-order valence-corrected chi connectivity index (χ4v) is 1.61. The smallest absolute Gasteiger partial charge is 0.119 e. The van der Waals surface area contributed by atoms with Crippen molar-refractivity contribution in [3.63, 3.8) is 0 Å². The molecule has 0 saturated carbocycles. The SMILES string of the molecule is C=CCCC(N)c1ccc(OCCCC)cc1. The van der Waals surface area contributed by atoms with E-state index >= 15 is 0 Å². The van der Waals surface area contributed by atoms with Crippen LogP contribution in [0.15, 0.2) is 36.9 Å². The number of hydrogen-bond donors (Lipinski definition) is 1. The van der Waals surface area contributed by atoms with Crippen LogP contribution in [-0.2, 0) is 0 Å². The van der Waals surface area contributed by atoms with Crippen molar-refractivity contribution in [3.05, 3.63) is 42.5 Å². The Labute approximate surface area is 104 Å². The third-order valence-electron chi connectivity index (χ3n) is 2.76. The van der Waals surface area contributed by atoms with Gasteiger partial charge in [0.2, 0.25) is 0 Å². The van der Waals surface area contributed by atoms with Crippen molar-refractivity contribution in [1.29, 1.82) is 0 Å². The van der Waals surface area contributed by atoms with Crippen molar-refractivity contribution in [3.8, 4) is 5.75 Å². The molecule has 1 atom stereocenters. The third-order valence-corrected chi connectivity index (χ3v) is 2.76. The molecule has 0 aromatic heterocycles. The highest BCUT2D eigenvalue weighted by Crippen LogP contribution is 2.19. The first-order valence-electron chi connectivity index (χ1n) is 6.37. The largest absolute Gasteiger partial charge is 0.494 e. The zero-order valence-corrected chi connectivity index (χ0v) is 10.7. The van der Waals surface area contributed by atoms with Gasteiger partial charge in [0, 0.05) is 6.04 Å². The van der Waals surface area contributed by atoms with Crippen LogP contribution in [-0.4, -0.2) is 6.61 Å². The highest BCUT2D eigenvalue weighted by atomic mass is 16.5. The molecule has 0 aliphatic heterocycles. The van der Waals surface area contributed by atoms with Crippen molar-refractivity contribution in [2.75, 3.05) is 6.61 Å². The molecule has 17 heavy (non-hydrogen) atoms. The van der Waals surface area contributed by atoms with Gasteiger partial charge >= 0.3 is 0 Å². The first-order valence-corrected chi connectivity index (χ1v) is 6.37. The average Bonchev–Trinajstić information content (AvgIpc) is 2.37. The maximum Gasteiger partial charge on any atom is 0.119 e. The second-order valence-electron chi connectivity index (χ2n) is 4.24. The van der Waals surface area contributed by atoms with Crippen LogP contribution in [0.2, 0.25) is 0 Å². The molecule has 0 spiro atoms. The summed E-state index contributed by atoms with van der Waals surface area (Å²) in [7, 11) is 0. The van der Waals surface area contributed by atoms with E-state index in [1.54, 1.807) is 0 Å². The number of unbranched alkanes of at least 4 members (excludes halogenated alkanes) is 1. The first-order chi connectivity index (χ1) is 8.27. The number of nitrogens with two attached hydrogens (primary N) is 1. The summed E-state index contributed by atoms with van der Waals surface area (Å²) in [6.07, 6.45) is 6.06. The Balaban J connectivity index is 2.46. The molecule has 2 heteroatoms. The highest BCUT2D eigenvalue weighted by Gasteiger charge is 2.04. The van der Waals surface area contributed by atoms with E-state index in [1.807, 2.05) is 18.2 Å². The molecule has 1 aromatic carbocycles. The second kappa shape index (κ2) is 7.91. The molecule has 0 heterocycles. The van der Waals surface area contributed by atoms with E-state index in [0.717, 1.165) is 43.6 Å². The van der Waals surface area contributed by atoms with E-state index in [2.05, 4.69) is 25.6 Å². The number of ether oxygens (including phenoxy) is 1. The number of hydrogen-bond acceptors (Lipinski definition) is 2. The quantitative estimate of drug-likeness (QED) is 0.547. The lowest BCUT2D eigenvalue weighted by Gasteiger charge is -2.12. The van der Waals surface area contributed by atoms with Crippen LogP contribution < -0.4 is 10.5 Å². The third kappa shape index (κ3) is 5.05. The van der Waals surface area contributed by atoms with Gasteiger partial charge in [-0.25, -0.2) is 0 Å². The molecule has 0 aliphatic carbocycles. The summed E-state index contributed by atoms with van der Waals surface area (Å²) in [5.74, 6) is 0.929. The van der Waals surface area contributed by atoms with Gasteiger partial charge in [-0.1, -0.05) is 31.6 Å². The predicted octanol–water partition coefficient (Wildman–Crippen LogP) is 3.83. The minimum absolute atomic E-state index is 0.0951. The van der Waals surface area contributed by atoms with E-state index in [0.29, 0.717) is 0 Å². The van der Waals surface area contributed by atoms with E-state index in [-0.39, 0.29) is 6.04 Å². The molecule has 1 unspecified atom stereocenters. The second-order valence-corrected chi connectivity index (χ2v) is 4.24. The summed E-state index contributed by atoms with van der Waals surface area (Å²) < 4.78 is 5.61. The summed E-state index contributed by atoms with van der Waals surface area (Å²) in [4.78, 5) is 0. The fraction of sp³-hybridized carbons (Fsp3) is 0.467. The molecule has 0 bridgehead atoms. The standard InChI is InChI=1S/C15H23NO/c1-3-5-7-15(16)13-8-10-14(11-9-13)17-12-6-4-2/h3,8-11,15H,1,4-7,12,16H2,2H3. The predicted molar refractivity (Wildman–Crippen MR) is 73.2 cm³/mol. The van der Waals surface area contributed by atoms with Crippen LogP contribution >= 0.6 is 0 Å². The van der Waals surface area contributed by atoms with Crippen LogP contribution in [0.25, 0.3) is 0 Å². The summed E-state index contributed by atoms with van der Waals surface area (Å²) in [5, 5.41) is 0. The number of allylic oxidation sites excluding steroid dienone is 1. The van der Waals surface area contributed by atoms with Gasteiger partial charge in [0.15, 0.2) is 0 Å². The Morgan fingerprint density at radius 2 is 2.06 bits per heavy atom. The molecule has 0 amide bonds. The fourth-order valence-electron chi connectivity index (χ4n) is 1.61. The van der Waals surface area contributed by atoms with Gasteiger partial charge in [-0.2, -0.15) is 0 Å². The first kappa shape index (κ1) is 13.8. The normalized spacial score (nSPS) is 12.1. The molecular weight excluding hydrogens is 210 g/mol. The molecule has 2 nitrogen and oxygen atoms in total. The summed E-state index contributed by atoms with van der Waals surface area (Å²) >= 11 is 0. The summed E-state index contributed by atoms with van der Waals surface area (Å²) in [6, 6.07) is 8.19. The summed E-state index contributed by atoms with van der Waals surface area (Å²) in [6.45, 7) is 6.65. The van der Waals surface area contributed by atoms with Gasteiger partial charge in [-0.05, 0) is 37.0 Å². The Morgan fingerprint density at radius 1 is 1.35 bits per heavy atom.